The molecule has 1 aromatic heterocycles. The fourth-order valence-corrected chi connectivity index (χ4v) is 4.99. The number of nitrogens with zero attached hydrogens (tertiary/aromatic N) is 2. The Kier molecular flexibility index (Phi) is 5.46. The van der Waals surface area contributed by atoms with Gasteiger partial charge >= 0.3 is 0 Å². The van der Waals surface area contributed by atoms with Crippen molar-refractivity contribution in [3.05, 3.63) is 123 Å². The summed E-state index contributed by atoms with van der Waals surface area (Å²) in [6.07, 6.45) is 21.8. The molecule has 4 aliphatic rings. The van der Waals surface area contributed by atoms with Crippen molar-refractivity contribution in [2.24, 2.45) is 9.98 Å². The molecule has 2 aromatic rings. The van der Waals surface area contributed by atoms with Crippen LogP contribution in [0.15, 0.2) is 111 Å². The van der Waals surface area contributed by atoms with Crippen molar-refractivity contribution in [3.63, 3.8) is 0 Å². The molecule has 0 saturated heterocycles. The van der Waals surface area contributed by atoms with E-state index in [1.807, 2.05) is 66.8 Å². The van der Waals surface area contributed by atoms with Crippen LogP contribution in [0, 0.1) is 0 Å². The van der Waals surface area contributed by atoms with Gasteiger partial charge in [-0.2, -0.15) is 4.39 Å². The molecule has 1 unspecified atom stereocenters. The summed E-state index contributed by atoms with van der Waals surface area (Å²) in [5.41, 5.74) is 6.35. The van der Waals surface area contributed by atoms with Crippen LogP contribution in [-0.4, -0.2) is 21.9 Å². The Bertz CT molecular complexity index is 1570. The van der Waals surface area contributed by atoms with E-state index in [9.17, 15) is 4.39 Å². The van der Waals surface area contributed by atoms with Crippen molar-refractivity contribution in [1.29, 1.82) is 0 Å². The number of hydrogen-bond donors (Lipinski definition) is 2. The maximum Gasteiger partial charge on any atom is 0.166 e. The van der Waals surface area contributed by atoms with Gasteiger partial charge in [0.2, 0.25) is 0 Å². The lowest BCUT2D eigenvalue weighted by atomic mass is 9.88. The zero-order valence-corrected chi connectivity index (χ0v) is 20.4. The summed E-state index contributed by atoms with van der Waals surface area (Å²) in [5, 5.41) is 5.75. The Labute approximate surface area is 210 Å². The van der Waals surface area contributed by atoms with Crippen LogP contribution in [0.1, 0.15) is 17.5 Å². The largest absolute Gasteiger partial charge is 0.376 e. The van der Waals surface area contributed by atoms with E-state index in [0.717, 1.165) is 63.2 Å². The quantitative estimate of drug-likeness (QED) is 0.589. The maximum atomic E-state index is 13.2. The Morgan fingerprint density at radius 2 is 1.60 bits per heavy atom. The lowest BCUT2D eigenvalue weighted by Crippen LogP contribution is -2.40. The number of halogens is 2. The highest BCUT2D eigenvalue weighted by Crippen LogP contribution is 2.31. The fraction of sp³-hybridized carbons (Fsp3) is 0.103. The van der Waals surface area contributed by atoms with Crippen LogP contribution in [0.5, 0.6) is 0 Å². The lowest BCUT2D eigenvalue weighted by molar-refractivity contribution is 0.475. The van der Waals surface area contributed by atoms with Crippen molar-refractivity contribution in [2.45, 2.75) is 18.4 Å². The smallest absolute Gasteiger partial charge is 0.166 e. The van der Waals surface area contributed by atoms with Gasteiger partial charge in [-0.3, -0.25) is 0 Å². The van der Waals surface area contributed by atoms with Gasteiger partial charge < -0.3 is 10.3 Å². The molecule has 1 aromatic carbocycles. The Hall–Kier alpha value is -3.77. The van der Waals surface area contributed by atoms with Gasteiger partial charge in [-0.05, 0) is 107 Å². The lowest BCUT2D eigenvalue weighted by Gasteiger charge is -2.28. The SMILES string of the molecule is FC(Br)=Cc1ccc(CC23/C=C4/C=CC(=N4)C=c4ccc([nH]4)=CC4=NC(=CC(=CC2)N3)C=C4)cc1. The minimum Gasteiger partial charge on any atom is -0.376 e. The molecular weight excluding hydrogens is 503 g/mol. The first kappa shape index (κ1) is 21.7. The summed E-state index contributed by atoms with van der Waals surface area (Å²) in [6, 6.07) is 12.1. The van der Waals surface area contributed by atoms with Gasteiger partial charge in [0.15, 0.2) is 4.74 Å². The van der Waals surface area contributed by atoms with E-state index in [1.54, 1.807) is 0 Å². The first-order valence-electron chi connectivity index (χ1n) is 11.5. The second kappa shape index (κ2) is 8.78. The van der Waals surface area contributed by atoms with Crippen LogP contribution < -0.4 is 16.0 Å². The van der Waals surface area contributed by atoms with E-state index in [1.165, 1.54) is 6.08 Å². The maximum absolute atomic E-state index is 13.2. The number of hydrogen-bond acceptors (Lipinski definition) is 3. The van der Waals surface area contributed by atoms with Gasteiger partial charge in [-0.25, -0.2) is 9.98 Å². The van der Waals surface area contributed by atoms with Crippen molar-refractivity contribution in [1.82, 2.24) is 10.3 Å². The van der Waals surface area contributed by atoms with Gasteiger partial charge in [0, 0.05) is 16.4 Å². The molecule has 0 aliphatic carbocycles. The van der Waals surface area contributed by atoms with Crippen LogP contribution in [0.2, 0.25) is 0 Å². The van der Waals surface area contributed by atoms with Crippen molar-refractivity contribution >= 4 is 45.6 Å². The highest BCUT2D eigenvalue weighted by Gasteiger charge is 2.32. The number of nitrogens with one attached hydrogen (secondary N) is 2. The normalized spacial score (nSPS) is 23.9. The summed E-state index contributed by atoms with van der Waals surface area (Å²) in [5.74, 6) is 0. The Balaban J connectivity index is 1.40. The molecule has 4 nitrogen and oxygen atoms in total. The van der Waals surface area contributed by atoms with Crippen LogP contribution in [0.3, 0.4) is 0 Å². The molecule has 8 bridgehead atoms. The summed E-state index contributed by atoms with van der Waals surface area (Å²) >= 11 is 2.86. The number of allylic oxidation sites excluding steroid dienone is 5. The molecular formula is C29H22BrFN4. The van der Waals surface area contributed by atoms with E-state index >= 15 is 0 Å². The average molecular weight is 525 g/mol. The molecule has 4 aliphatic heterocycles. The second-order valence-electron chi connectivity index (χ2n) is 9.03. The molecule has 0 amide bonds. The molecule has 35 heavy (non-hydrogen) atoms. The van der Waals surface area contributed by atoms with Gasteiger partial charge in [0.25, 0.3) is 0 Å². The standard InChI is InChI=1S/C29H22BrFN4/c30-28(31)13-19-1-3-20(4-2-19)17-29-12-11-26(35-29)16-25-8-7-22(33-25)14-21-5-6-23(32-21)15-24-9-10-27(18-29)34-24/h1-11,13-16,18,32,35H,12,17H2/b21-14?,23-15?,25-16?,27-18-,28-13?. The van der Waals surface area contributed by atoms with Crippen LogP contribution >= 0.6 is 15.9 Å². The predicted molar refractivity (Wildman–Crippen MR) is 145 cm³/mol. The van der Waals surface area contributed by atoms with Gasteiger partial charge in [-0.1, -0.05) is 30.3 Å². The summed E-state index contributed by atoms with van der Waals surface area (Å²) < 4.78 is 12.8. The molecule has 6 heteroatoms. The number of aliphatic imine (C=N–C) groups is 2. The number of aromatic nitrogens is 1. The number of fused-ring (bicyclic) bond motifs is 6. The zero-order chi connectivity index (χ0) is 23.8. The molecule has 5 heterocycles. The van der Waals surface area contributed by atoms with E-state index in [2.05, 4.69) is 50.5 Å². The van der Waals surface area contributed by atoms with Crippen molar-refractivity contribution in [3.8, 4) is 0 Å². The predicted octanol–water partition coefficient (Wildman–Crippen LogP) is 4.90. The van der Waals surface area contributed by atoms with Crippen molar-refractivity contribution < 1.29 is 4.39 Å². The minimum absolute atomic E-state index is 0.333. The fourth-order valence-electron chi connectivity index (χ4n) is 4.73. The minimum atomic E-state index is -0.385. The molecule has 2 N–H and O–H groups in total. The van der Waals surface area contributed by atoms with Crippen LogP contribution in [0.4, 0.5) is 4.39 Å². The van der Waals surface area contributed by atoms with Crippen molar-refractivity contribution in [2.75, 3.05) is 0 Å². The first-order valence-corrected chi connectivity index (χ1v) is 12.3. The summed E-state index contributed by atoms with van der Waals surface area (Å²) in [7, 11) is 0. The Morgan fingerprint density at radius 1 is 0.914 bits per heavy atom. The molecule has 0 saturated carbocycles. The molecule has 6 rings (SSSR count). The zero-order valence-electron chi connectivity index (χ0n) is 18.8. The van der Waals surface area contributed by atoms with Crippen LogP contribution in [0.25, 0.3) is 18.2 Å². The molecule has 0 radical (unpaired) electrons. The first-order chi connectivity index (χ1) is 17.0. The summed E-state index contributed by atoms with van der Waals surface area (Å²) in [4.78, 5) is 13.0. The third kappa shape index (κ3) is 4.88. The number of H-pyrrole nitrogens is 1. The van der Waals surface area contributed by atoms with Gasteiger partial charge in [0.05, 0.1) is 28.4 Å². The van der Waals surface area contributed by atoms with E-state index in [0.29, 0.717) is 0 Å². The third-order valence-corrected chi connectivity index (χ3v) is 6.52. The molecule has 172 valence electrons. The van der Waals surface area contributed by atoms with E-state index in [-0.39, 0.29) is 10.3 Å². The molecule has 0 fully saturated rings. The average Bonchev–Trinajstić information content (AvgIpc) is 3.61. The summed E-state index contributed by atoms with van der Waals surface area (Å²) in [6.45, 7) is 0. The topological polar surface area (TPSA) is 52.5 Å². The highest BCUT2D eigenvalue weighted by atomic mass is 79.9. The van der Waals surface area contributed by atoms with E-state index < -0.39 is 0 Å². The number of rotatable bonds is 3. The van der Waals surface area contributed by atoms with Crippen LogP contribution in [-0.2, 0) is 6.42 Å². The molecule has 1 atom stereocenters. The number of aromatic amines is 1. The number of benzene rings is 1. The second-order valence-corrected chi connectivity index (χ2v) is 9.79. The Morgan fingerprint density at radius 3 is 2.31 bits per heavy atom. The van der Waals surface area contributed by atoms with Gasteiger partial charge in [-0.15, -0.1) is 0 Å². The monoisotopic (exact) mass is 524 g/mol. The highest BCUT2D eigenvalue weighted by molar-refractivity contribution is 9.11. The van der Waals surface area contributed by atoms with Gasteiger partial charge in [0.1, 0.15) is 0 Å². The van der Waals surface area contributed by atoms with E-state index in [4.69, 9.17) is 9.98 Å². The third-order valence-electron chi connectivity index (χ3n) is 6.29. The molecule has 0 spiro atoms.